The monoisotopic (exact) mass is 550 g/mol. The molecule has 1 unspecified atom stereocenters. The maximum Gasteiger partial charge on any atom is 0.238 e. The molecular formula is C27H42N4O8. The average Bonchev–Trinajstić information content (AvgIpc) is 3.29. The number of hydrogen-bond donors (Lipinski definition) is 7. The molecule has 2 aromatic rings. The Labute approximate surface area is 228 Å². The van der Waals surface area contributed by atoms with Crippen LogP contribution < -0.4 is 20.5 Å². The summed E-state index contributed by atoms with van der Waals surface area (Å²) in [6, 6.07) is 5.84. The number of amides is 1. The molecule has 6 atom stereocenters. The van der Waals surface area contributed by atoms with Crippen molar-refractivity contribution in [2.24, 2.45) is 11.7 Å². The molecule has 0 spiro atoms. The number of aliphatic hydroxyl groups is 4. The van der Waals surface area contributed by atoms with E-state index in [0.29, 0.717) is 26.1 Å². The van der Waals surface area contributed by atoms with Gasteiger partial charge < -0.3 is 45.7 Å². The van der Waals surface area contributed by atoms with Gasteiger partial charge >= 0.3 is 0 Å². The van der Waals surface area contributed by atoms with E-state index in [1.54, 1.807) is 6.92 Å². The molecule has 1 aromatic heterocycles. The summed E-state index contributed by atoms with van der Waals surface area (Å²) in [5.41, 5.74) is 8.92. The number of nitrogens with one attached hydrogen (secondary N) is 2. The Morgan fingerprint density at radius 2 is 1.95 bits per heavy atom. The first-order valence-corrected chi connectivity index (χ1v) is 13.3. The second-order valence-electron chi connectivity index (χ2n) is 10.4. The van der Waals surface area contributed by atoms with E-state index in [0.717, 1.165) is 34.6 Å². The van der Waals surface area contributed by atoms with Gasteiger partial charge in [-0.25, -0.2) is 0 Å². The molecule has 1 aliphatic heterocycles. The molecule has 8 N–H and O–H groups in total. The second-order valence-corrected chi connectivity index (χ2v) is 10.4. The van der Waals surface area contributed by atoms with Gasteiger partial charge in [-0.15, -0.1) is 5.10 Å². The van der Waals surface area contributed by atoms with E-state index in [9.17, 15) is 25.2 Å². The fourth-order valence-corrected chi connectivity index (χ4v) is 4.34. The molecule has 1 fully saturated rings. The molecule has 0 radical (unpaired) electrons. The van der Waals surface area contributed by atoms with Crippen molar-refractivity contribution in [3.05, 3.63) is 40.6 Å². The van der Waals surface area contributed by atoms with E-state index in [2.05, 4.69) is 15.5 Å². The fourth-order valence-electron chi connectivity index (χ4n) is 4.34. The van der Waals surface area contributed by atoms with Crippen molar-refractivity contribution in [1.82, 2.24) is 15.5 Å². The number of H-pyrrole nitrogens is 1. The fraction of sp³-hybridized carbons (Fsp3) is 0.630. The molecule has 1 aromatic carbocycles. The van der Waals surface area contributed by atoms with Gasteiger partial charge in [-0.3, -0.25) is 9.89 Å². The lowest BCUT2D eigenvalue weighted by Crippen LogP contribution is -2.60. The molecule has 12 heteroatoms. The molecule has 2 heterocycles. The predicted octanol–water partition coefficient (Wildman–Crippen LogP) is 0.0909. The summed E-state index contributed by atoms with van der Waals surface area (Å²) in [6.45, 7) is 9.03. The van der Waals surface area contributed by atoms with E-state index in [1.165, 1.54) is 0 Å². The Kier molecular flexibility index (Phi) is 11.1. The van der Waals surface area contributed by atoms with Gasteiger partial charge in [0, 0.05) is 30.1 Å². The standard InChI is InChI=1S/C27H42N4O8/c1-14(2)21-19(26(31-30-21)39-27-24(35)23(34)22(33)20(13-32)38-27)11-17-6-7-18(10-15(17)3)37-9-5-8-29-12-16(4)25(28)36/h6-7,10,14,16,20,22-24,27,29,32-35H,5,8-9,11-13H2,1-4H3,(H2,28,36)(H,30,31)/t16?,20-,22-,23+,24-,27+/m1/s1. The van der Waals surface area contributed by atoms with Crippen molar-refractivity contribution in [3.63, 3.8) is 0 Å². The predicted molar refractivity (Wildman–Crippen MR) is 142 cm³/mol. The Bertz CT molecular complexity index is 1080. The van der Waals surface area contributed by atoms with Crippen LogP contribution in [0.3, 0.4) is 0 Å². The number of hydrogen-bond acceptors (Lipinski definition) is 10. The normalized spacial score (nSPS) is 24.1. The van der Waals surface area contributed by atoms with Crippen molar-refractivity contribution in [3.8, 4) is 11.6 Å². The van der Waals surface area contributed by atoms with Gasteiger partial charge in [0.1, 0.15) is 30.2 Å². The zero-order chi connectivity index (χ0) is 28.7. The summed E-state index contributed by atoms with van der Waals surface area (Å²) in [6.07, 6.45) is -5.70. The van der Waals surface area contributed by atoms with Crippen LogP contribution in [0.25, 0.3) is 0 Å². The summed E-state index contributed by atoms with van der Waals surface area (Å²) < 4.78 is 17.3. The third-order valence-electron chi connectivity index (χ3n) is 6.90. The van der Waals surface area contributed by atoms with E-state index in [-0.39, 0.29) is 23.6 Å². The molecule has 1 saturated heterocycles. The summed E-state index contributed by atoms with van der Waals surface area (Å²) in [7, 11) is 0. The highest BCUT2D eigenvalue weighted by molar-refractivity contribution is 5.76. The summed E-state index contributed by atoms with van der Waals surface area (Å²) >= 11 is 0. The molecular weight excluding hydrogens is 508 g/mol. The minimum atomic E-state index is -1.54. The van der Waals surface area contributed by atoms with Crippen LogP contribution in [0.15, 0.2) is 18.2 Å². The number of aromatic nitrogens is 2. The number of aliphatic hydroxyl groups excluding tert-OH is 4. The lowest BCUT2D eigenvalue weighted by atomic mass is 9.96. The smallest absolute Gasteiger partial charge is 0.238 e. The van der Waals surface area contributed by atoms with Crippen molar-refractivity contribution in [1.29, 1.82) is 0 Å². The first-order chi connectivity index (χ1) is 18.5. The van der Waals surface area contributed by atoms with Gasteiger partial charge in [0.15, 0.2) is 0 Å². The first kappa shape index (κ1) is 30.8. The number of ether oxygens (including phenoxy) is 3. The molecule has 0 bridgehead atoms. The molecule has 3 rings (SSSR count). The summed E-state index contributed by atoms with van der Waals surface area (Å²) in [5, 5.41) is 50.5. The third-order valence-corrected chi connectivity index (χ3v) is 6.90. The SMILES string of the molecule is Cc1cc(OCCCNCC(C)C(N)=O)ccc1Cc1c(O[C@@H]2O[C@H](CO)[C@@H](O)[C@H](O)[C@H]2O)n[nH]c1C(C)C. The number of benzene rings is 1. The molecule has 0 aliphatic carbocycles. The summed E-state index contributed by atoms with van der Waals surface area (Å²) in [5.74, 6) is 0.521. The van der Waals surface area contributed by atoms with Gasteiger partial charge in [-0.1, -0.05) is 26.8 Å². The van der Waals surface area contributed by atoms with Gasteiger partial charge in [-0.05, 0) is 49.1 Å². The Balaban J connectivity index is 1.65. The molecule has 39 heavy (non-hydrogen) atoms. The number of carbonyl (C=O) groups is 1. The molecule has 12 nitrogen and oxygen atoms in total. The minimum absolute atomic E-state index is 0.0992. The van der Waals surface area contributed by atoms with Crippen LogP contribution in [0.2, 0.25) is 0 Å². The number of nitrogens with zero attached hydrogens (tertiary/aromatic N) is 1. The molecule has 0 saturated carbocycles. The van der Waals surface area contributed by atoms with Crippen LogP contribution in [0.4, 0.5) is 0 Å². The Morgan fingerprint density at radius 3 is 2.59 bits per heavy atom. The zero-order valence-electron chi connectivity index (χ0n) is 23.0. The lowest BCUT2D eigenvalue weighted by molar-refractivity contribution is -0.278. The largest absolute Gasteiger partial charge is 0.494 e. The Morgan fingerprint density at radius 1 is 1.21 bits per heavy atom. The number of carbonyl (C=O) groups excluding carboxylic acids is 1. The van der Waals surface area contributed by atoms with E-state index in [4.69, 9.17) is 19.9 Å². The summed E-state index contributed by atoms with van der Waals surface area (Å²) in [4.78, 5) is 11.1. The zero-order valence-corrected chi connectivity index (χ0v) is 23.0. The van der Waals surface area contributed by atoms with E-state index >= 15 is 0 Å². The van der Waals surface area contributed by atoms with Crippen LogP contribution in [-0.4, -0.2) is 93.5 Å². The second kappa shape index (κ2) is 14.1. The maximum atomic E-state index is 11.1. The topological polar surface area (TPSA) is 192 Å². The van der Waals surface area contributed by atoms with Crippen molar-refractivity contribution in [2.75, 3.05) is 26.3 Å². The van der Waals surface area contributed by atoms with Crippen molar-refractivity contribution >= 4 is 5.91 Å². The Hall–Kier alpha value is -2.74. The number of aryl methyl sites for hydroxylation is 1. The number of aromatic amines is 1. The van der Waals surface area contributed by atoms with Gasteiger partial charge in [0.25, 0.3) is 0 Å². The number of rotatable bonds is 14. The van der Waals surface area contributed by atoms with Crippen LogP contribution >= 0.6 is 0 Å². The van der Waals surface area contributed by atoms with Crippen LogP contribution in [-0.2, 0) is 16.0 Å². The number of primary amides is 1. The van der Waals surface area contributed by atoms with Crippen LogP contribution in [0.5, 0.6) is 11.6 Å². The maximum absolute atomic E-state index is 11.1. The van der Waals surface area contributed by atoms with Crippen LogP contribution in [0, 0.1) is 12.8 Å². The molecule has 1 amide bonds. The molecule has 218 valence electrons. The van der Waals surface area contributed by atoms with E-state index in [1.807, 2.05) is 39.0 Å². The average molecular weight is 551 g/mol. The number of nitrogens with two attached hydrogens (primary N) is 1. The van der Waals surface area contributed by atoms with Gasteiger partial charge in [-0.2, -0.15) is 0 Å². The van der Waals surface area contributed by atoms with Gasteiger partial charge in [0.05, 0.1) is 13.2 Å². The van der Waals surface area contributed by atoms with Crippen LogP contribution in [0.1, 0.15) is 55.5 Å². The highest BCUT2D eigenvalue weighted by atomic mass is 16.7. The highest BCUT2D eigenvalue weighted by Gasteiger charge is 2.45. The third kappa shape index (κ3) is 7.90. The van der Waals surface area contributed by atoms with Gasteiger partial charge in [0.2, 0.25) is 18.1 Å². The minimum Gasteiger partial charge on any atom is -0.494 e. The first-order valence-electron chi connectivity index (χ1n) is 13.3. The van der Waals surface area contributed by atoms with Crippen molar-refractivity contribution in [2.45, 2.75) is 77.2 Å². The van der Waals surface area contributed by atoms with E-state index < -0.39 is 37.3 Å². The highest BCUT2D eigenvalue weighted by Crippen LogP contribution is 2.32. The lowest BCUT2D eigenvalue weighted by Gasteiger charge is -2.39. The molecule has 1 aliphatic rings. The quantitative estimate of drug-likeness (QED) is 0.159. The van der Waals surface area contributed by atoms with Crippen molar-refractivity contribution < 1.29 is 39.4 Å².